The molecule has 0 unspecified atom stereocenters. The molecule has 0 bridgehead atoms. The van der Waals surface area contributed by atoms with Crippen LogP contribution < -0.4 is 0 Å². The summed E-state index contributed by atoms with van der Waals surface area (Å²) in [6.07, 6.45) is 18.4. The molecule has 0 aromatic heterocycles. The van der Waals surface area contributed by atoms with Crippen molar-refractivity contribution in [3.8, 4) is 0 Å². The average Bonchev–Trinajstić information content (AvgIpc) is 2.89. The first-order chi connectivity index (χ1) is 10.2. The molecular formula is C20H30O. The Morgan fingerprint density at radius 2 is 2.05 bits per heavy atom. The van der Waals surface area contributed by atoms with Gasteiger partial charge in [-0.1, -0.05) is 31.4 Å². The van der Waals surface area contributed by atoms with Gasteiger partial charge < -0.3 is 4.79 Å². The fourth-order valence-corrected chi connectivity index (χ4v) is 7.00. The summed E-state index contributed by atoms with van der Waals surface area (Å²) in [5, 5.41) is 0. The van der Waals surface area contributed by atoms with Gasteiger partial charge in [0, 0.05) is 11.8 Å². The van der Waals surface area contributed by atoms with E-state index in [1.165, 1.54) is 70.5 Å². The highest BCUT2D eigenvalue weighted by molar-refractivity contribution is 5.53. The Morgan fingerprint density at radius 1 is 1.14 bits per heavy atom. The molecule has 0 aliphatic heterocycles. The number of allylic oxidation sites excluding steroid dienone is 2. The molecule has 0 amide bonds. The molecule has 0 aromatic rings. The van der Waals surface area contributed by atoms with E-state index in [0.29, 0.717) is 5.41 Å². The van der Waals surface area contributed by atoms with Crippen molar-refractivity contribution >= 4 is 6.29 Å². The Kier molecular flexibility index (Phi) is 3.32. The molecule has 0 N–H and O–H groups in total. The van der Waals surface area contributed by atoms with Crippen molar-refractivity contribution in [3.63, 3.8) is 0 Å². The summed E-state index contributed by atoms with van der Waals surface area (Å²) in [6, 6.07) is 0. The van der Waals surface area contributed by atoms with E-state index < -0.39 is 0 Å². The molecule has 21 heavy (non-hydrogen) atoms. The summed E-state index contributed by atoms with van der Waals surface area (Å²) in [6.45, 7) is 2.56. The second-order valence-corrected chi connectivity index (χ2v) is 8.66. The maximum Gasteiger partial charge on any atom is 0.120 e. The van der Waals surface area contributed by atoms with Crippen LogP contribution in [0.3, 0.4) is 0 Å². The number of carbonyl (C=O) groups excluding carboxylic acids is 1. The van der Waals surface area contributed by atoms with Gasteiger partial charge >= 0.3 is 0 Å². The molecule has 3 fully saturated rings. The lowest BCUT2D eigenvalue weighted by Crippen LogP contribution is -2.49. The number of fused-ring (bicyclic) bond motifs is 5. The quantitative estimate of drug-likeness (QED) is 0.497. The highest BCUT2D eigenvalue weighted by atomic mass is 16.1. The highest BCUT2D eigenvalue weighted by Crippen LogP contribution is 2.65. The third kappa shape index (κ3) is 1.92. The number of rotatable bonds is 2. The molecule has 0 saturated heterocycles. The zero-order chi connectivity index (χ0) is 14.5. The van der Waals surface area contributed by atoms with Crippen molar-refractivity contribution in [1.82, 2.24) is 0 Å². The van der Waals surface area contributed by atoms with Crippen molar-refractivity contribution in [2.45, 2.75) is 77.6 Å². The van der Waals surface area contributed by atoms with Gasteiger partial charge in [0.15, 0.2) is 0 Å². The minimum atomic E-state index is 0.285. The van der Waals surface area contributed by atoms with E-state index in [2.05, 4.69) is 13.0 Å². The van der Waals surface area contributed by atoms with E-state index in [1.54, 1.807) is 5.57 Å². The fraction of sp³-hybridized carbons (Fsp3) is 0.850. The molecule has 116 valence electrons. The summed E-state index contributed by atoms with van der Waals surface area (Å²) < 4.78 is 0. The Morgan fingerprint density at radius 3 is 2.90 bits per heavy atom. The van der Waals surface area contributed by atoms with Crippen LogP contribution in [0.4, 0.5) is 0 Å². The summed E-state index contributed by atoms with van der Waals surface area (Å²) in [4.78, 5) is 11.5. The molecule has 1 heteroatoms. The molecule has 0 heterocycles. The number of carbonyl (C=O) groups is 1. The van der Waals surface area contributed by atoms with E-state index in [1.807, 2.05) is 0 Å². The van der Waals surface area contributed by atoms with Crippen molar-refractivity contribution in [3.05, 3.63) is 11.6 Å². The minimum Gasteiger partial charge on any atom is -0.303 e. The van der Waals surface area contributed by atoms with Gasteiger partial charge in [0.1, 0.15) is 6.29 Å². The van der Waals surface area contributed by atoms with Gasteiger partial charge in [-0.15, -0.1) is 0 Å². The molecule has 0 radical (unpaired) electrons. The van der Waals surface area contributed by atoms with Crippen molar-refractivity contribution in [2.24, 2.45) is 28.6 Å². The maximum atomic E-state index is 11.5. The summed E-state index contributed by atoms with van der Waals surface area (Å²) >= 11 is 0. The third-order valence-electron chi connectivity index (χ3n) is 7.97. The normalized spacial score (nSPS) is 48.8. The Bertz CT molecular complexity index is 464. The van der Waals surface area contributed by atoms with Gasteiger partial charge in [-0.2, -0.15) is 0 Å². The van der Waals surface area contributed by atoms with Crippen molar-refractivity contribution < 1.29 is 4.79 Å². The molecule has 4 rings (SSSR count). The first-order valence-corrected chi connectivity index (χ1v) is 9.33. The first kappa shape index (κ1) is 14.0. The largest absolute Gasteiger partial charge is 0.303 e. The molecule has 5 atom stereocenters. The van der Waals surface area contributed by atoms with E-state index in [9.17, 15) is 4.79 Å². The van der Waals surface area contributed by atoms with Crippen LogP contribution in [0.1, 0.15) is 77.6 Å². The van der Waals surface area contributed by atoms with Crippen LogP contribution in [0, 0.1) is 28.6 Å². The monoisotopic (exact) mass is 286 g/mol. The zero-order valence-electron chi connectivity index (χ0n) is 13.6. The Labute approximate surface area is 129 Å². The van der Waals surface area contributed by atoms with Crippen LogP contribution in [-0.2, 0) is 4.79 Å². The van der Waals surface area contributed by atoms with E-state index in [0.717, 1.165) is 24.2 Å². The van der Waals surface area contributed by atoms with Gasteiger partial charge in [-0.05, 0) is 74.5 Å². The topological polar surface area (TPSA) is 17.1 Å². The lowest BCUT2D eigenvalue weighted by molar-refractivity contribution is -0.112. The Hall–Kier alpha value is -0.590. The van der Waals surface area contributed by atoms with Crippen LogP contribution in [0.2, 0.25) is 0 Å². The van der Waals surface area contributed by atoms with Crippen LogP contribution >= 0.6 is 0 Å². The molecule has 3 saturated carbocycles. The molecule has 4 aliphatic carbocycles. The van der Waals surface area contributed by atoms with Crippen LogP contribution in [0.15, 0.2) is 11.6 Å². The second kappa shape index (κ2) is 4.96. The summed E-state index contributed by atoms with van der Waals surface area (Å²) in [5.74, 6) is 2.65. The molecule has 4 aliphatic rings. The third-order valence-corrected chi connectivity index (χ3v) is 7.97. The predicted octanol–water partition coefficient (Wildman–Crippen LogP) is 5.30. The van der Waals surface area contributed by atoms with Gasteiger partial charge in [-0.25, -0.2) is 0 Å². The van der Waals surface area contributed by atoms with Gasteiger partial charge in [0.05, 0.1) is 0 Å². The fourth-order valence-electron chi connectivity index (χ4n) is 7.00. The zero-order valence-corrected chi connectivity index (χ0v) is 13.6. The first-order valence-electron chi connectivity index (χ1n) is 9.33. The number of hydrogen-bond acceptors (Lipinski definition) is 1. The van der Waals surface area contributed by atoms with E-state index in [-0.39, 0.29) is 5.41 Å². The highest BCUT2D eigenvalue weighted by Gasteiger charge is 2.56. The molecular weight excluding hydrogens is 256 g/mol. The number of hydrogen-bond donors (Lipinski definition) is 0. The van der Waals surface area contributed by atoms with Crippen LogP contribution in [0.5, 0.6) is 0 Å². The summed E-state index contributed by atoms with van der Waals surface area (Å²) in [7, 11) is 0. The minimum absolute atomic E-state index is 0.285. The van der Waals surface area contributed by atoms with Gasteiger partial charge in [0.25, 0.3) is 0 Å². The average molecular weight is 286 g/mol. The standard InChI is InChI=1S/C20H30O/c1-19-10-4-6-17(19)16-8-7-15-5-2-3-11-20(15,13-14-21)18(16)9-12-19/h7,14,16-18H,2-6,8-13H2,1H3/t16-,17-,18+,19-,20+/m0/s1. The molecule has 0 aromatic carbocycles. The predicted molar refractivity (Wildman–Crippen MR) is 85.9 cm³/mol. The van der Waals surface area contributed by atoms with Gasteiger partial charge in [0.2, 0.25) is 0 Å². The molecule has 1 nitrogen and oxygen atoms in total. The summed E-state index contributed by atoms with van der Waals surface area (Å²) in [5.41, 5.74) is 2.60. The lowest BCUT2D eigenvalue weighted by Gasteiger charge is -2.57. The Balaban J connectivity index is 1.72. The number of aldehydes is 1. The van der Waals surface area contributed by atoms with Crippen LogP contribution in [-0.4, -0.2) is 6.29 Å². The van der Waals surface area contributed by atoms with Crippen LogP contribution in [0.25, 0.3) is 0 Å². The second-order valence-electron chi connectivity index (χ2n) is 8.66. The van der Waals surface area contributed by atoms with Crippen molar-refractivity contribution in [1.29, 1.82) is 0 Å². The van der Waals surface area contributed by atoms with E-state index >= 15 is 0 Å². The molecule has 0 spiro atoms. The smallest absolute Gasteiger partial charge is 0.120 e. The lowest BCUT2D eigenvalue weighted by atomic mass is 9.47. The van der Waals surface area contributed by atoms with E-state index in [4.69, 9.17) is 0 Å². The van der Waals surface area contributed by atoms with Gasteiger partial charge in [-0.3, -0.25) is 0 Å². The van der Waals surface area contributed by atoms with Crippen molar-refractivity contribution in [2.75, 3.05) is 0 Å². The maximum absolute atomic E-state index is 11.5. The SMILES string of the molecule is C[C@@]12CCC[C@H]1[C@@H]1CC=C3CCCC[C@]3(CC=O)[C@@H]1CC2.